The van der Waals surface area contributed by atoms with Crippen molar-refractivity contribution in [3.05, 3.63) is 23.3 Å². The smallest absolute Gasteiger partial charge is 0.407 e. The fourth-order valence-electron chi connectivity index (χ4n) is 1.56. The molecule has 7 heteroatoms. The van der Waals surface area contributed by atoms with E-state index in [0.717, 1.165) is 12.1 Å². The number of aromatic carboxylic acids is 1. The van der Waals surface area contributed by atoms with Gasteiger partial charge in [0.05, 0.1) is 5.56 Å². The number of hydrogen-bond acceptors (Lipinski definition) is 5. The maximum atomic E-state index is 11.4. The van der Waals surface area contributed by atoms with Crippen LogP contribution in [0.2, 0.25) is 0 Å². The first kappa shape index (κ1) is 18.2. The van der Waals surface area contributed by atoms with Crippen molar-refractivity contribution >= 4 is 12.1 Å². The zero-order valence-electron chi connectivity index (χ0n) is 13.1. The number of nitrogens with one attached hydrogen (secondary N) is 1. The molecule has 23 heavy (non-hydrogen) atoms. The highest BCUT2D eigenvalue weighted by Gasteiger charge is 2.15. The Labute approximate surface area is 133 Å². The van der Waals surface area contributed by atoms with Gasteiger partial charge in [0.2, 0.25) is 0 Å². The first-order valence-electron chi connectivity index (χ1n) is 6.85. The van der Waals surface area contributed by atoms with Crippen LogP contribution in [0.4, 0.5) is 4.79 Å². The molecule has 1 rings (SSSR count). The number of carboxylic acids is 1. The zero-order valence-corrected chi connectivity index (χ0v) is 13.1. The van der Waals surface area contributed by atoms with Crippen LogP contribution in [0, 0.1) is 11.8 Å². The van der Waals surface area contributed by atoms with Crippen LogP contribution in [-0.2, 0) is 4.74 Å². The predicted molar refractivity (Wildman–Crippen MR) is 82.5 cm³/mol. The van der Waals surface area contributed by atoms with Crippen molar-refractivity contribution in [2.24, 2.45) is 0 Å². The van der Waals surface area contributed by atoms with E-state index >= 15 is 0 Å². The molecule has 0 bridgehead atoms. The van der Waals surface area contributed by atoms with Crippen LogP contribution in [0.5, 0.6) is 11.5 Å². The second-order valence-electron chi connectivity index (χ2n) is 5.68. The molecule has 0 fully saturated rings. The van der Waals surface area contributed by atoms with Crippen molar-refractivity contribution in [2.45, 2.75) is 32.8 Å². The van der Waals surface area contributed by atoms with Gasteiger partial charge in [-0.2, -0.15) is 0 Å². The van der Waals surface area contributed by atoms with Crippen LogP contribution < -0.4 is 5.32 Å². The number of phenolic OH excluding ortho intramolecular Hbond substituents is 2. The summed E-state index contributed by atoms with van der Waals surface area (Å²) in [6, 6.07) is 2.01. The molecule has 0 atom stereocenters. The van der Waals surface area contributed by atoms with Crippen molar-refractivity contribution in [3.8, 4) is 23.3 Å². The largest absolute Gasteiger partial charge is 0.506 e. The standard InChI is InChI=1S/C16H19NO6/c1-16(2,3)23-15(22)17-7-5-4-6-11-12(18)8-10(14(20)21)9-13(11)19/h8-9,18-19H,5,7H2,1-3H3,(H,17,22)(H,20,21). The third-order valence-corrected chi connectivity index (χ3v) is 2.48. The van der Waals surface area contributed by atoms with Gasteiger partial charge in [0.25, 0.3) is 0 Å². The first-order valence-corrected chi connectivity index (χ1v) is 6.85. The summed E-state index contributed by atoms with van der Waals surface area (Å²) >= 11 is 0. The van der Waals surface area contributed by atoms with E-state index in [4.69, 9.17) is 9.84 Å². The van der Waals surface area contributed by atoms with E-state index in [1.54, 1.807) is 20.8 Å². The SMILES string of the molecule is CC(C)(C)OC(=O)NCCC#Cc1c(O)cc(C(=O)O)cc1O. The number of benzene rings is 1. The van der Waals surface area contributed by atoms with E-state index in [-0.39, 0.29) is 24.1 Å². The van der Waals surface area contributed by atoms with Gasteiger partial charge in [0.15, 0.2) is 0 Å². The van der Waals surface area contributed by atoms with Crippen LogP contribution in [0.3, 0.4) is 0 Å². The summed E-state index contributed by atoms with van der Waals surface area (Å²) in [6.07, 6.45) is -0.297. The van der Waals surface area contributed by atoms with Gasteiger partial charge in [0, 0.05) is 13.0 Å². The molecular formula is C16H19NO6. The van der Waals surface area contributed by atoms with Gasteiger partial charge in [-0.15, -0.1) is 0 Å². The quantitative estimate of drug-likeness (QED) is 0.500. The number of phenols is 2. The van der Waals surface area contributed by atoms with E-state index in [0.29, 0.717) is 0 Å². The maximum Gasteiger partial charge on any atom is 0.407 e. The average molecular weight is 321 g/mol. The van der Waals surface area contributed by atoms with Crippen molar-refractivity contribution in [2.75, 3.05) is 6.54 Å². The topological polar surface area (TPSA) is 116 Å². The van der Waals surface area contributed by atoms with Crippen molar-refractivity contribution < 1.29 is 29.6 Å². The minimum Gasteiger partial charge on any atom is -0.506 e. The zero-order chi connectivity index (χ0) is 17.6. The molecule has 7 nitrogen and oxygen atoms in total. The third-order valence-electron chi connectivity index (χ3n) is 2.48. The Morgan fingerprint density at radius 3 is 2.26 bits per heavy atom. The normalized spacial score (nSPS) is 10.4. The van der Waals surface area contributed by atoms with Gasteiger partial charge in [-0.1, -0.05) is 11.8 Å². The van der Waals surface area contributed by atoms with Gasteiger partial charge in [-0.05, 0) is 32.9 Å². The number of aromatic hydroxyl groups is 2. The monoisotopic (exact) mass is 321 g/mol. The Morgan fingerprint density at radius 2 is 1.78 bits per heavy atom. The summed E-state index contributed by atoms with van der Waals surface area (Å²) in [4.78, 5) is 22.2. The van der Waals surface area contributed by atoms with E-state index < -0.39 is 29.2 Å². The summed E-state index contributed by atoms with van der Waals surface area (Å²) in [5, 5.41) is 30.7. The van der Waals surface area contributed by atoms with Gasteiger partial charge in [0.1, 0.15) is 22.7 Å². The van der Waals surface area contributed by atoms with Crippen LogP contribution in [0.15, 0.2) is 12.1 Å². The molecule has 0 aliphatic rings. The maximum absolute atomic E-state index is 11.4. The molecule has 0 aromatic heterocycles. The Balaban J connectivity index is 2.61. The van der Waals surface area contributed by atoms with E-state index in [1.165, 1.54) is 0 Å². The molecule has 124 valence electrons. The molecular weight excluding hydrogens is 302 g/mol. The Morgan fingerprint density at radius 1 is 1.22 bits per heavy atom. The number of alkyl carbamates (subject to hydrolysis) is 1. The molecule has 1 aromatic rings. The minimum absolute atomic E-state index is 0.0627. The Hall–Kier alpha value is -2.88. The number of carbonyl (C=O) groups is 2. The van der Waals surface area contributed by atoms with Crippen molar-refractivity contribution in [3.63, 3.8) is 0 Å². The van der Waals surface area contributed by atoms with Gasteiger partial charge < -0.3 is 25.4 Å². The molecule has 0 saturated heterocycles. The summed E-state index contributed by atoms with van der Waals surface area (Å²) in [5.74, 6) is 3.09. The molecule has 4 N–H and O–H groups in total. The fourth-order valence-corrected chi connectivity index (χ4v) is 1.56. The minimum atomic E-state index is -1.27. The molecule has 0 aliphatic carbocycles. The second-order valence-corrected chi connectivity index (χ2v) is 5.68. The molecule has 0 radical (unpaired) electrons. The van der Waals surface area contributed by atoms with Crippen LogP contribution in [0.1, 0.15) is 43.1 Å². The molecule has 0 saturated carbocycles. The summed E-state index contributed by atoms with van der Waals surface area (Å²) < 4.78 is 5.04. The molecule has 1 amide bonds. The van der Waals surface area contributed by atoms with Gasteiger partial charge >= 0.3 is 12.1 Å². The second kappa shape index (κ2) is 7.40. The van der Waals surface area contributed by atoms with Gasteiger partial charge in [-0.25, -0.2) is 9.59 Å². The predicted octanol–water partition coefficient (Wildman–Crippen LogP) is 2.06. The fraction of sp³-hybridized carbons (Fsp3) is 0.375. The number of carboxylic acid groups (broad SMARTS) is 1. The van der Waals surface area contributed by atoms with Crippen molar-refractivity contribution in [1.29, 1.82) is 0 Å². The average Bonchev–Trinajstić information content (AvgIpc) is 2.38. The van der Waals surface area contributed by atoms with Crippen LogP contribution >= 0.6 is 0 Å². The lowest BCUT2D eigenvalue weighted by molar-refractivity contribution is 0.0528. The lowest BCUT2D eigenvalue weighted by Crippen LogP contribution is -2.32. The van der Waals surface area contributed by atoms with E-state index in [9.17, 15) is 19.8 Å². The van der Waals surface area contributed by atoms with Crippen LogP contribution in [-0.4, -0.2) is 39.5 Å². The molecule has 0 aliphatic heterocycles. The molecule has 1 aromatic carbocycles. The lowest BCUT2D eigenvalue weighted by Gasteiger charge is -2.19. The highest BCUT2D eigenvalue weighted by Crippen LogP contribution is 2.27. The molecule has 0 heterocycles. The van der Waals surface area contributed by atoms with Crippen LogP contribution in [0.25, 0.3) is 0 Å². The summed E-state index contributed by atoms with van der Waals surface area (Å²) in [5.41, 5.74) is -0.886. The van der Waals surface area contributed by atoms with Gasteiger partial charge in [-0.3, -0.25) is 0 Å². The number of rotatable bonds is 3. The van der Waals surface area contributed by atoms with E-state index in [1.807, 2.05) is 0 Å². The number of hydrogen-bond donors (Lipinski definition) is 4. The lowest BCUT2D eigenvalue weighted by atomic mass is 10.1. The molecule has 0 spiro atoms. The number of amides is 1. The summed E-state index contributed by atoms with van der Waals surface area (Å²) in [7, 11) is 0. The highest BCUT2D eigenvalue weighted by atomic mass is 16.6. The third kappa shape index (κ3) is 6.18. The van der Waals surface area contributed by atoms with Crippen molar-refractivity contribution in [1.82, 2.24) is 5.32 Å². The first-order chi connectivity index (χ1) is 10.6. The van der Waals surface area contributed by atoms with E-state index in [2.05, 4.69) is 17.2 Å². The summed E-state index contributed by atoms with van der Waals surface area (Å²) in [6.45, 7) is 5.48. The Kier molecular flexibility index (Phi) is 5.85. The highest BCUT2D eigenvalue weighted by molar-refractivity contribution is 5.89. The number of ether oxygens (including phenoxy) is 1. The number of carbonyl (C=O) groups excluding carboxylic acids is 1. The molecule has 0 unspecified atom stereocenters. The Bertz CT molecular complexity index is 640.